The first-order chi connectivity index (χ1) is 8.72. The summed E-state index contributed by atoms with van der Waals surface area (Å²) in [6, 6.07) is 5.40. The van der Waals surface area contributed by atoms with Gasteiger partial charge in [-0.3, -0.25) is 4.79 Å². The lowest BCUT2D eigenvalue weighted by molar-refractivity contribution is 0.0935. The third-order valence-electron chi connectivity index (χ3n) is 3.58. The van der Waals surface area contributed by atoms with Gasteiger partial charge in [-0.05, 0) is 43.2 Å². The molecule has 3 heterocycles. The van der Waals surface area contributed by atoms with Gasteiger partial charge in [-0.2, -0.15) is 0 Å². The first-order valence-corrected chi connectivity index (χ1v) is 9.21. The van der Waals surface area contributed by atoms with Crippen molar-refractivity contribution < 1.29 is 4.79 Å². The van der Waals surface area contributed by atoms with Crippen LogP contribution in [0.5, 0.6) is 0 Å². The van der Waals surface area contributed by atoms with Crippen LogP contribution in [-0.2, 0) is 0 Å². The van der Waals surface area contributed by atoms with Crippen LogP contribution in [0, 0.1) is 6.92 Å². The number of fused-ring (bicyclic) bond motifs is 2. The zero-order valence-corrected chi connectivity index (χ0v) is 13.7. The number of alkyl halides is 1. The lowest BCUT2D eigenvalue weighted by Gasteiger charge is -2.20. The lowest BCUT2D eigenvalue weighted by Crippen LogP contribution is -2.42. The van der Waals surface area contributed by atoms with Gasteiger partial charge >= 0.3 is 0 Å². The summed E-state index contributed by atoms with van der Waals surface area (Å²) in [5, 5.41) is 6.68. The smallest absolute Gasteiger partial charge is 0.261 e. The van der Waals surface area contributed by atoms with E-state index in [0.717, 1.165) is 11.3 Å². The van der Waals surface area contributed by atoms with Crippen LogP contribution in [-0.4, -0.2) is 29.0 Å². The molecule has 3 rings (SSSR count). The topological polar surface area (TPSA) is 41.1 Å². The molecule has 3 nitrogen and oxygen atoms in total. The molecule has 5 heteroatoms. The number of carbonyl (C=O) groups is 1. The molecule has 0 spiro atoms. The molecule has 0 radical (unpaired) electrons. The van der Waals surface area contributed by atoms with Gasteiger partial charge in [0.15, 0.2) is 0 Å². The van der Waals surface area contributed by atoms with Gasteiger partial charge in [0.1, 0.15) is 0 Å². The second-order valence-electron chi connectivity index (χ2n) is 4.77. The molecular formula is C13H19IN2OS. The van der Waals surface area contributed by atoms with Crippen LogP contribution in [0.25, 0.3) is 0 Å². The van der Waals surface area contributed by atoms with Crippen LogP contribution in [0.4, 0.5) is 0 Å². The second-order valence-corrected chi connectivity index (χ2v) is 6.06. The summed E-state index contributed by atoms with van der Waals surface area (Å²) in [5.74, 6) is 0.0949. The molecule has 0 aromatic carbocycles. The maximum Gasteiger partial charge on any atom is 0.261 e. The minimum atomic E-state index is 0.0949. The standard InChI is InChI=1S/C12H16N2OS.CH3I/c1-7-2-5-11(16-7)12(15)14-10-6-8-3-4-9(10)13-8;1-2/h2,5,8-10,13H,3-4,6H2,1H3,(H,14,15);1H3/t8?,9?,10-;/m1./s1. The molecule has 1 aromatic rings. The molecule has 2 aliphatic rings. The largest absolute Gasteiger partial charge is 0.347 e. The van der Waals surface area contributed by atoms with E-state index >= 15 is 0 Å². The minimum absolute atomic E-state index is 0.0949. The van der Waals surface area contributed by atoms with Gasteiger partial charge in [0.05, 0.1) is 4.88 Å². The van der Waals surface area contributed by atoms with Gasteiger partial charge in [-0.15, -0.1) is 11.3 Å². The maximum absolute atomic E-state index is 12.0. The number of carbonyl (C=O) groups excluding carboxylic acids is 1. The summed E-state index contributed by atoms with van der Waals surface area (Å²) in [6.45, 7) is 2.03. The summed E-state index contributed by atoms with van der Waals surface area (Å²) < 4.78 is 0. The molecule has 1 aromatic heterocycles. The third kappa shape index (κ3) is 3.05. The number of amides is 1. The Morgan fingerprint density at radius 3 is 2.72 bits per heavy atom. The molecular weight excluding hydrogens is 359 g/mol. The van der Waals surface area contributed by atoms with Gasteiger partial charge in [-0.1, -0.05) is 22.6 Å². The molecule has 2 unspecified atom stereocenters. The highest BCUT2D eigenvalue weighted by atomic mass is 127. The zero-order valence-electron chi connectivity index (χ0n) is 10.7. The minimum Gasteiger partial charge on any atom is -0.347 e. The lowest BCUT2D eigenvalue weighted by atomic mass is 9.95. The van der Waals surface area contributed by atoms with Crippen molar-refractivity contribution in [2.75, 3.05) is 4.93 Å². The van der Waals surface area contributed by atoms with Crippen LogP contribution in [0.1, 0.15) is 33.8 Å². The van der Waals surface area contributed by atoms with Crippen molar-refractivity contribution in [1.82, 2.24) is 10.6 Å². The van der Waals surface area contributed by atoms with Crippen molar-refractivity contribution in [3.63, 3.8) is 0 Å². The predicted octanol–water partition coefficient (Wildman–Crippen LogP) is 2.73. The van der Waals surface area contributed by atoms with E-state index in [9.17, 15) is 4.79 Å². The van der Waals surface area contributed by atoms with E-state index in [2.05, 4.69) is 33.2 Å². The molecule has 1 amide bonds. The van der Waals surface area contributed by atoms with Gasteiger partial charge in [0.25, 0.3) is 5.91 Å². The van der Waals surface area contributed by atoms with Crippen molar-refractivity contribution in [2.45, 2.75) is 44.3 Å². The normalized spacial score (nSPS) is 28.7. The van der Waals surface area contributed by atoms with Crippen molar-refractivity contribution in [2.24, 2.45) is 0 Å². The summed E-state index contributed by atoms with van der Waals surface area (Å²) in [7, 11) is 0. The molecule has 0 aliphatic carbocycles. The molecule has 3 atom stereocenters. The van der Waals surface area contributed by atoms with E-state index in [1.54, 1.807) is 11.3 Å². The van der Waals surface area contributed by atoms with E-state index in [-0.39, 0.29) is 5.91 Å². The van der Waals surface area contributed by atoms with Crippen LogP contribution < -0.4 is 10.6 Å². The molecule has 2 N–H and O–H groups in total. The van der Waals surface area contributed by atoms with Crippen LogP contribution in [0.15, 0.2) is 12.1 Å². The molecule has 2 fully saturated rings. The Morgan fingerprint density at radius 1 is 1.44 bits per heavy atom. The maximum atomic E-state index is 12.0. The summed E-state index contributed by atoms with van der Waals surface area (Å²) in [6.07, 6.45) is 3.58. The number of rotatable bonds is 2. The Labute approximate surface area is 126 Å². The molecule has 2 saturated heterocycles. The number of thiophene rings is 1. The first-order valence-electron chi connectivity index (χ1n) is 6.23. The molecule has 18 heavy (non-hydrogen) atoms. The average molecular weight is 378 g/mol. The number of aryl methyl sites for hydroxylation is 1. The van der Waals surface area contributed by atoms with E-state index in [1.807, 2.05) is 24.0 Å². The van der Waals surface area contributed by atoms with E-state index < -0.39 is 0 Å². The Bertz CT molecular complexity index is 421. The molecule has 2 bridgehead atoms. The summed E-state index contributed by atoms with van der Waals surface area (Å²) >= 11 is 3.72. The molecule has 100 valence electrons. The van der Waals surface area contributed by atoms with Gasteiger partial charge in [-0.25, -0.2) is 0 Å². The summed E-state index contributed by atoms with van der Waals surface area (Å²) in [5.41, 5.74) is 0. The first kappa shape index (κ1) is 14.3. The third-order valence-corrected chi connectivity index (χ3v) is 4.58. The fourth-order valence-electron chi connectivity index (χ4n) is 2.78. The van der Waals surface area contributed by atoms with Crippen molar-refractivity contribution >= 4 is 39.8 Å². The van der Waals surface area contributed by atoms with Crippen molar-refractivity contribution in [3.8, 4) is 0 Å². The van der Waals surface area contributed by atoms with Crippen molar-refractivity contribution in [3.05, 3.63) is 21.9 Å². The van der Waals surface area contributed by atoms with Crippen LogP contribution in [0.3, 0.4) is 0 Å². The van der Waals surface area contributed by atoms with Gasteiger partial charge in [0, 0.05) is 23.0 Å². The predicted molar refractivity (Wildman–Crippen MR) is 84.8 cm³/mol. The van der Waals surface area contributed by atoms with E-state index in [1.165, 1.54) is 17.7 Å². The fraction of sp³-hybridized carbons (Fsp3) is 0.615. The fourth-order valence-corrected chi connectivity index (χ4v) is 3.55. The number of hydrogen-bond acceptors (Lipinski definition) is 3. The van der Waals surface area contributed by atoms with Gasteiger partial charge < -0.3 is 10.6 Å². The highest BCUT2D eigenvalue weighted by Gasteiger charge is 2.39. The highest BCUT2D eigenvalue weighted by Crippen LogP contribution is 2.28. The van der Waals surface area contributed by atoms with E-state index in [4.69, 9.17) is 0 Å². The summed E-state index contributed by atoms with van der Waals surface area (Å²) in [4.78, 5) is 16.0. The van der Waals surface area contributed by atoms with E-state index in [0.29, 0.717) is 18.1 Å². The van der Waals surface area contributed by atoms with Gasteiger partial charge in [0.2, 0.25) is 0 Å². The van der Waals surface area contributed by atoms with Crippen LogP contribution in [0.2, 0.25) is 0 Å². The Hall–Kier alpha value is -0.140. The molecule has 0 saturated carbocycles. The monoisotopic (exact) mass is 378 g/mol. The molecule has 2 aliphatic heterocycles. The SMILES string of the molecule is CI.Cc1ccc(C(=O)N[C@@H]2CC3CCC2N3)s1. The second kappa shape index (κ2) is 6.34. The quantitative estimate of drug-likeness (QED) is 0.614. The highest BCUT2D eigenvalue weighted by molar-refractivity contribution is 14.1. The number of hydrogen-bond donors (Lipinski definition) is 2. The average Bonchev–Trinajstić information content (AvgIpc) is 3.07. The number of nitrogens with one attached hydrogen (secondary N) is 2. The zero-order chi connectivity index (χ0) is 13.1. The Balaban J connectivity index is 0.000000574. The Kier molecular flexibility index (Phi) is 5.03. The van der Waals surface area contributed by atoms with Crippen molar-refractivity contribution in [1.29, 1.82) is 0 Å². The van der Waals surface area contributed by atoms with Crippen LogP contribution >= 0.6 is 33.9 Å². The Morgan fingerprint density at radius 2 is 2.22 bits per heavy atom. The number of halogens is 1.